The van der Waals surface area contributed by atoms with Crippen LogP contribution in [0.1, 0.15) is 18.1 Å². The van der Waals surface area contributed by atoms with E-state index in [-0.39, 0.29) is 41.6 Å². The molecule has 0 saturated heterocycles. The molecule has 0 amide bonds. The standard InChI is InChI=1S/C17H16Cl2N2O2.O.V/c1-11(21-10-13-7-15(19)3-5-17(13)23)8-20-9-12-6-14(18)2-4-16(12)22;;/h2-7,9-11,22-23H,8H2,1H3;;/q;-2;+4/p-2/t11-;;/m1../s1. The third-order valence-electron chi connectivity index (χ3n) is 3.01. The molecule has 1 atom stereocenters. The molecule has 0 aliphatic heterocycles. The minimum Gasteiger partial charge on any atom is -2.00 e. The van der Waals surface area contributed by atoms with Crippen LogP contribution in [0.25, 0.3) is 0 Å². The summed E-state index contributed by atoms with van der Waals surface area (Å²) < 4.78 is 0. The molecule has 0 aliphatic rings. The molecular formula is C17H14Cl2N2O3V. The molecule has 8 heteroatoms. The first kappa shape index (κ1) is 23.5. The van der Waals surface area contributed by atoms with E-state index in [1.54, 1.807) is 24.3 Å². The average Bonchev–Trinajstić information content (AvgIpc) is 2.51. The van der Waals surface area contributed by atoms with E-state index < -0.39 is 0 Å². The first-order valence-corrected chi connectivity index (χ1v) is 7.67. The molecule has 0 spiro atoms. The van der Waals surface area contributed by atoms with Gasteiger partial charge in [0.2, 0.25) is 0 Å². The Hall–Kier alpha value is -1.50. The maximum absolute atomic E-state index is 11.6. The van der Waals surface area contributed by atoms with Gasteiger partial charge in [-0.1, -0.05) is 46.8 Å². The SMILES string of the molecule is C[C@H](CN=Cc1cc(Cl)ccc1[O-])N=Cc1cc(Cl)ccc1[O-].[O-2].[V+4]. The van der Waals surface area contributed by atoms with Crippen LogP contribution in [0.5, 0.6) is 11.5 Å². The summed E-state index contributed by atoms with van der Waals surface area (Å²) in [5.74, 6) is -0.270. The Morgan fingerprint density at radius 2 is 1.44 bits per heavy atom. The fourth-order valence-electron chi connectivity index (χ4n) is 1.80. The summed E-state index contributed by atoms with van der Waals surface area (Å²) in [5, 5.41) is 24.2. The predicted molar refractivity (Wildman–Crippen MR) is 92.0 cm³/mol. The van der Waals surface area contributed by atoms with E-state index in [9.17, 15) is 10.2 Å². The number of nitrogens with zero attached hydrogens (tertiary/aromatic N) is 2. The van der Waals surface area contributed by atoms with Crippen LogP contribution in [0, 0.1) is 0 Å². The fraction of sp³-hybridized carbons (Fsp3) is 0.176. The molecule has 2 rings (SSSR count). The van der Waals surface area contributed by atoms with E-state index >= 15 is 0 Å². The van der Waals surface area contributed by atoms with Crippen molar-refractivity contribution in [3.8, 4) is 11.5 Å². The van der Waals surface area contributed by atoms with Crippen LogP contribution < -0.4 is 10.2 Å². The van der Waals surface area contributed by atoms with Crippen LogP contribution in [0.2, 0.25) is 10.0 Å². The molecule has 2 aromatic rings. The summed E-state index contributed by atoms with van der Waals surface area (Å²) in [4.78, 5) is 8.46. The Kier molecular flexibility index (Phi) is 10.5. The van der Waals surface area contributed by atoms with Crippen molar-refractivity contribution in [2.45, 2.75) is 13.0 Å². The van der Waals surface area contributed by atoms with Crippen molar-refractivity contribution in [3.05, 3.63) is 57.6 Å². The largest absolute Gasteiger partial charge is 4.00 e. The maximum atomic E-state index is 11.6. The van der Waals surface area contributed by atoms with Crippen LogP contribution >= 0.6 is 23.2 Å². The fourth-order valence-corrected chi connectivity index (χ4v) is 2.16. The molecule has 1 radical (unpaired) electrons. The Bertz CT molecular complexity index is 755. The topological polar surface area (TPSA) is 99.3 Å². The first-order chi connectivity index (χ1) is 11.0. The van der Waals surface area contributed by atoms with Crippen LogP contribution in [-0.2, 0) is 24.0 Å². The van der Waals surface area contributed by atoms with E-state index in [4.69, 9.17) is 23.2 Å². The molecule has 0 aromatic heterocycles. The second-order valence-corrected chi connectivity index (χ2v) is 5.86. The number of hydrogen-bond donors (Lipinski definition) is 0. The van der Waals surface area contributed by atoms with Gasteiger partial charge in [0.15, 0.2) is 0 Å². The molecule has 5 nitrogen and oxygen atoms in total. The average molecular weight is 416 g/mol. The maximum Gasteiger partial charge on any atom is 4.00 e. The molecule has 0 fully saturated rings. The minimum absolute atomic E-state index is 0. The van der Waals surface area contributed by atoms with Crippen LogP contribution in [-0.4, -0.2) is 25.0 Å². The van der Waals surface area contributed by atoms with Crippen molar-refractivity contribution in [2.75, 3.05) is 6.54 Å². The molecule has 0 aliphatic carbocycles. The molecule has 25 heavy (non-hydrogen) atoms. The van der Waals surface area contributed by atoms with Gasteiger partial charge in [0.25, 0.3) is 0 Å². The van der Waals surface area contributed by atoms with Gasteiger partial charge in [-0.2, -0.15) is 0 Å². The van der Waals surface area contributed by atoms with E-state index in [0.29, 0.717) is 27.7 Å². The molecule has 129 valence electrons. The zero-order valence-corrected chi connectivity index (χ0v) is 16.1. The molecule has 2 aromatic carbocycles. The van der Waals surface area contributed by atoms with Gasteiger partial charge in [-0.15, -0.1) is 0 Å². The van der Waals surface area contributed by atoms with Crippen LogP contribution in [0.4, 0.5) is 0 Å². The molecule has 0 N–H and O–H groups in total. The molecule has 0 unspecified atom stereocenters. The smallest absolute Gasteiger partial charge is 2.00 e. The normalized spacial score (nSPS) is 12.0. The van der Waals surface area contributed by atoms with Crippen molar-refractivity contribution in [1.82, 2.24) is 0 Å². The Labute approximate surface area is 168 Å². The van der Waals surface area contributed by atoms with E-state index in [1.165, 1.54) is 24.6 Å². The quantitative estimate of drug-likeness (QED) is 0.701. The van der Waals surface area contributed by atoms with Crippen LogP contribution in [0.3, 0.4) is 0 Å². The number of rotatable bonds is 5. The summed E-state index contributed by atoms with van der Waals surface area (Å²) in [5.41, 5.74) is 0.871. The van der Waals surface area contributed by atoms with Gasteiger partial charge < -0.3 is 15.7 Å². The third-order valence-corrected chi connectivity index (χ3v) is 3.48. The van der Waals surface area contributed by atoms with Gasteiger partial charge in [-0.25, -0.2) is 0 Å². The Morgan fingerprint density at radius 1 is 0.960 bits per heavy atom. The van der Waals surface area contributed by atoms with E-state index in [2.05, 4.69) is 9.98 Å². The summed E-state index contributed by atoms with van der Waals surface area (Å²) in [6, 6.07) is 8.89. The van der Waals surface area contributed by atoms with Crippen molar-refractivity contribution in [3.63, 3.8) is 0 Å². The van der Waals surface area contributed by atoms with Crippen molar-refractivity contribution < 1.29 is 34.2 Å². The molecular weight excluding hydrogens is 402 g/mol. The summed E-state index contributed by atoms with van der Waals surface area (Å²) in [7, 11) is 0. The van der Waals surface area contributed by atoms with E-state index in [0.717, 1.165) is 0 Å². The summed E-state index contributed by atoms with van der Waals surface area (Å²) in [6.45, 7) is 2.25. The van der Waals surface area contributed by atoms with Gasteiger partial charge in [0, 0.05) is 22.5 Å². The number of aliphatic imine (C=N–C) groups is 2. The van der Waals surface area contributed by atoms with Crippen molar-refractivity contribution >= 4 is 35.6 Å². The van der Waals surface area contributed by atoms with Crippen molar-refractivity contribution in [2.24, 2.45) is 9.98 Å². The zero-order chi connectivity index (χ0) is 16.8. The Balaban J connectivity index is 0.00000288. The number of benzene rings is 2. The van der Waals surface area contributed by atoms with Gasteiger partial charge >= 0.3 is 18.6 Å². The van der Waals surface area contributed by atoms with Gasteiger partial charge in [-0.3, -0.25) is 9.98 Å². The molecule has 0 heterocycles. The minimum atomic E-state index is -0.140. The van der Waals surface area contributed by atoms with Gasteiger partial charge in [0.05, 0.1) is 12.6 Å². The second kappa shape index (κ2) is 11.2. The Morgan fingerprint density at radius 3 is 1.96 bits per heavy atom. The van der Waals surface area contributed by atoms with Gasteiger partial charge in [0.1, 0.15) is 0 Å². The second-order valence-electron chi connectivity index (χ2n) is 4.99. The summed E-state index contributed by atoms with van der Waals surface area (Å²) >= 11 is 11.7. The van der Waals surface area contributed by atoms with E-state index in [1.807, 2.05) is 6.92 Å². The van der Waals surface area contributed by atoms with Crippen LogP contribution in [0.15, 0.2) is 46.4 Å². The molecule has 0 saturated carbocycles. The monoisotopic (exact) mass is 415 g/mol. The zero-order valence-electron chi connectivity index (χ0n) is 13.2. The third kappa shape index (κ3) is 7.51. The number of halogens is 2. The molecule has 0 bridgehead atoms. The summed E-state index contributed by atoms with van der Waals surface area (Å²) in [6.07, 6.45) is 2.98. The predicted octanol–water partition coefficient (Wildman–Crippen LogP) is 2.95. The number of hydrogen-bond acceptors (Lipinski definition) is 4. The first-order valence-electron chi connectivity index (χ1n) is 6.92. The van der Waals surface area contributed by atoms with Crippen molar-refractivity contribution in [1.29, 1.82) is 0 Å². The van der Waals surface area contributed by atoms with Gasteiger partial charge in [-0.05, 0) is 42.3 Å².